The second kappa shape index (κ2) is 29.5. The Hall–Kier alpha value is -6.13. The molecule has 0 radical (unpaired) electrons. The topological polar surface area (TPSA) is 124 Å². The molecule has 0 fully saturated rings. The first kappa shape index (κ1) is 51.8. The molecule has 11 heteroatoms. The van der Waals surface area contributed by atoms with Gasteiger partial charge in [-0.15, -0.1) is 0 Å². The van der Waals surface area contributed by atoms with Crippen LogP contribution in [-0.2, 0) is 0 Å². The van der Waals surface area contributed by atoms with Crippen LogP contribution in [0, 0.1) is 0 Å². The van der Waals surface area contributed by atoms with Crippen LogP contribution >= 0.6 is 11.6 Å². The second-order valence-corrected chi connectivity index (χ2v) is 17.0. The van der Waals surface area contributed by atoms with Crippen LogP contribution < -0.4 is 28.4 Å². The minimum Gasteiger partial charge on any atom is -0.494 e. The number of rotatable bonds is 30. The Kier molecular flexibility index (Phi) is 22.8. The normalized spacial score (nSPS) is 10.9. The molecule has 356 valence electrons. The first-order valence-electron chi connectivity index (χ1n) is 24.1. The highest BCUT2D eigenvalue weighted by Gasteiger charge is 2.18. The molecule has 5 aromatic rings. The number of unbranched alkanes of at least 4 members (excludes halogenated alkanes) is 16. The lowest BCUT2D eigenvalue weighted by Gasteiger charge is -2.10. The van der Waals surface area contributed by atoms with Crippen molar-refractivity contribution in [1.29, 1.82) is 0 Å². The summed E-state index contributed by atoms with van der Waals surface area (Å²) in [4.78, 5) is 51.8. The van der Waals surface area contributed by atoms with E-state index in [1.165, 1.54) is 157 Å². The number of carbonyl (C=O) groups excluding carboxylic acids is 4. The fourth-order valence-electron chi connectivity index (χ4n) is 7.20. The van der Waals surface area contributed by atoms with Crippen molar-refractivity contribution in [3.8, 4) is 34.5 Å². The number of halogens is 1. The van der Waals surface area contributed by atoms with Crippen molar-refractivity contribution in [3.63, 3.8) is 0 Å². The summed E-state index contributed by atoms with van der Waals surface area (Å²) in [6.07, 6.45) is 22.5. The molecule has 0 aromatic heterocycles. The standard InChI is InChI=1S/C56H65ClO10/c1-3-5-7-9-11-12-13-14-15-16-18-20-40-63-46-27-21-42(22-28-46)53(58)64-47-31-25-44(26-32-47)55(60)67-50-37-38-52(57)51(41-50)56(61)66-49-35-33-48(34-36-49)65-54(59)43-23-29-45(30-24-43)62-39-19-17-10-8-6-4-2/h21-38,41H,3-20,39-40H2,1-2H3. The summed E-state index contributed by atoms with van der Waals surface area (Å²) < 4.78 is 33.7. The van der Waals surface area contributed by atoms with E-state index in [0.717, 1.165) is 25.7 Å². The van der Waals surface area contributed by atoms with E-state index in [1.807, 2.05) is 0 Å². The molecular formula is C56H65ClO10. The lowest BCUT2D eigenvalue weighted by Crippen LogP contribution is -2.12. The maximum absolute atomic E-state index is 13.1. The zero-order chi connectivity index (χ0) is 47.5. The van der Waals surface area contributed by atoms with E-state index < -0.39 is 23.9 Å². The SMILES string of the molecule is CCCCCCCCCCCCCCOc1ccc(C(=O)Oc2ccc(C(=O)Oc3ccc(Cl)c(C(=O)Oc4ccc(OC(=O)c5ccc(OCCCCCCCC)cc5)cc4)c3)cc2)cc1. The van der Waals surface area contributed by atoms with Crippen molar-refractivity contribution in [2.45, 2.75) is 129 Å². The summed E-state index contributed by atoms with van der Waals surface area (Å²) in [6.45, 7) is 5.71. The van der Waals surface area contributed by atoms with Crippen molar-refractivity contribution in [2.75, 3.05) is 13.2 Å². The van der Waals surface area contributed by atoms with Crippen molar-refractivity contribution in [3.05, 3.63) is 143 Å². The Morgan fingerprint density at radius 1 is 0.343 bits per heavy atom. The van der Waals surface area contributed by atoms with Crippen LogP contribution in [0.3, 0.4) is 0 Å². The van der Waals surface area contributed by atoms with Gasteiger partial charge in [0.25, 0.3) is 0 Å². The van der Waals surface area contributed by atoms with Crippen molar-refractivity contribution >= 4 is 35.5 Å². The number of hydrogen-bond acceptors (Lipinski definition) is 10. The summed E-state index contributed by atoms with van der Waals surface area (Å²) in [6, 6.07) is 29.6. The van der Waals surface area contributed by atoms with E-state index in [9.17, 15) is 19.2 Å². The predicted octanol–water partition coefficient (Wildman–Crippen LogP) is 15.0. The van der Waals surface area contributed by atoms with E-state index in [-0.39, 0.29) is 39.1 Å². The number of hydrogen-bond donors (Lipinski definition) is 0. The Morgan fingerprint density at radius 3 is 1.00 bits per heavy atom. The number of benzene rings is 5. The molecule has 0 atom stereocenters. The van der Waals surface area contributed by atoms with Gasteiger partial charge < -0.3 is 28.4 Å². The van der Waals surface area contributed by atoms with Crippen LogP contribution in [0.5, 0.6) is 34.5 Å². The molecular weight excluding hydrogens is 868 g/mol. The average molecular weight is 934 g/mol. The van der Waals surface area contributed by atoms with Gasteiger partial charge in [-0.3, -0.25) is 0 Å². The van der Waals surface area contributed by atoms with Gasteiger partial charge in [-0.25, -0.2) is 19.2 Å². The minimum absolute atomic E-state index is 0.0386. The minimum atomic E-state index is -0.797. The quantitative estimate of drug-likeness (QED) is 0.0250. The number of carbonyl (C=O) groups is 4. The highest BCUT2D eigenvalue weighted by molar-refractivity contribution is 6.33. The molecule has 5 rings (SSSR count). The average Bonchev–Trinajstić information content (AvgIpc) is 3.34. The third-order valence-corrected chi connectivity index (χ3v) is 11.5. The summed E-state index contributed by atoms with van der Waals surface area (Å²) >= 11 is 6.33. The molecule has 0 aliphatic rings. The molecule has 0 aliphatic heterocycles. The highest BCUT2D eigenvalue weighted by Crippen LogP contribution is 2.27. The third-order valence-electron chi connectivity index (χ3n) is 11.1. The summed E-state index contributed by atoms with van der Waals surface area (Å²) in [7, 11) is 0. The monoisotopic (exact) mass is 932 g/mol. The van der Waals surface area contributed by atoms with Gasteiger partial charge in [0.15, 0.2) is 0 Å². The molecule has 0 unspecified atom stereocenters. The van der Waals surface area contributed by atoms with E-state index in [4.69, 9.17) is 40.0 Å². The Balaban J connectivity index is 1.00. The summed E-state index contributed by atoms with van der Waals surface area (Å²) in [5, 5.41) is 0.0809. The Labute approximate surface area is 401 Å². The van der Waals surface area contributed by atoms with Crippen LogP contribution in [0.25, 0.3) is 0 Å². The predicted molar refractivity (Wildman–Crippen MR) is 262 cm³/mol. The number of ether oxygens (including phenoxy) is 6. The van der Waals surface area contributed by atoms with Crippen molar-refractivity contribution in [2.24, 2.45) is 0 Å². The Bertz CT molecular complexity index is 2250. The zero-order valence-corrected chi connectivity index (χ0v) is 39.8. The van der Waals surface area contributed by atoms with Gasteiger partial charge >= 0.3 is 23.9 Å². The molecule has 10 nitrogen and oxygen atoms in total. The molecule has 0 saturated heterocycles. The van der Waals surface area contributed by atoms with E-state index >= 15 is 0 Å². The van der Waals surface area contributed by atoms with Crippen LogP contribution in [0.4, 0.5) is 0 Å². The molecule has 67 heavy (non-hydrogen) atoms. The fourth-order valence-corrected chi connectivity index (χ4v) is 7.39. The van der Waals surface area contributed by atoms with Crippen molar-refractivity contribution in [1.82, 2.24) is 0 Å². The summed E-state index contributed by atoms with van der Waals surface area (Å²) in [5.74, 6) is -0.507. The van der Waals surface area contributed by atoms with Gasteiger partial charge in [0.05, 0.1) is 40.5 Å². The van der Waals surface area contributed by atoms with Gasteiger partial charge in [-0.2, -0.15) is 0 Å². The van der Waals surface area contributed by atoms with Crippen LogP contribution in [0.2, 0.25) is 5.02 Å². The zero-order valence-electron chi connectivity index (χ0n) is 39.1. The molecule has 0 bridgehead atoms. The van der Waals surface area contributed by atoms with Gasteiger partial charge in [-0.05, 0) is 128 Å². The smallest absolute Gasteiger partial charge is 0.345 e. The Morgan fingerprint density at radius 2 is 0.627 bits per heavy atom. The van der Waals surface area contributed by atoms with E-state index in [1.54, 1.807) is 48.5 Å². The lowest BCUT2D eigenvalue weighted by molar-refractivity contribution is 0.0713. The first-order valence-corrected chi connectivity index (χ1v) is 24.4. The van der Waals surface area contributed by atoms with Crippen LogP contribution in [-0.4, -0.2) is 37.1 Å². The van der Waals surface area contributed by atoms with Gasteiger partial charge in [-0.1, -0.05) is 128 Å². The van der Waals surface area contributed by atoms with Crippen LogP contribution in [0.15, 0.2) is 115 Å². The molecule has 0 spiro atoms. The molecule has 0 amide bonds. The first-order chi connectivity index (χ1) is 32.7. The third kappa shape index (κ3) is 18.9. The van der Waals surface area contributed by atoms with Gasteiger partial charge in [0, 0.05) is 0 Å². The van der Waals surface area contributed by atoms with Gasteiger partial charge in [0.1, 0.15) is 34.5 Å². The molecule has 0 aliphatic carbocycles. The van der Waals surface area contributed by atoms with Crippen LogP contribution in [0.1, 0.15) is 171 Å². The lowest BCUT2D eigenvalue weighted by atomic mass is 10.1. The fraction of sp³-hybridized carbons (Fsp3) is 0.393. The molecule has 0 N–H and O–H groups in total. The summed E-state index contributed by atoms with van der Waals surface area (Å²) in [5.41, 5.74) is 0.861. The molecule has 5 aromatic carbocycles. The highest BCUT2D eigenvalue weighted by atomic mass is 35.5. The maximum atomic E-state index is 13.1. The molecule has 0 saturated carbocycles. The van der Waals surface area contributed by atoms with E-state index in [0.29, 0.717) is 35.8 Å². The largest absolute Gasteiger partial charge is 0.494 e. The second-order valence-electron chi connectivity index (χ2n) is 16.6. The van der Waals surface area contributed by atoms with E-state index in [2.05, 4.69) is 13.8 Å². The van der Waals surface area contributed by atoms with Crippen molar-refractivity contribution < 1.29 is 47.6 Å². The van der Waals surface area contributed by atoms with Gasteiger partial charge in [0.2, 0.25) is 0 Å². The molecule has 0 heterocycles. The maximum Gasteiger partial charge on any atom is 0.345 e. The number of esters is 4.